The fourth-order valence-electron chi connectivity index (χ4n) is 1.22. The number of amides is 1. The van der Waals surface area contributed by atoms with E-state index in [0.717, 1.165) is 11.8 Å². The van der Waals surface area contributed by atoms with Gasteiger partial charge in [-0.25, -0.2) is 0 Å². The van der Waals surface area contributed by atoms with E-state index in [1.165, 1.54) is 6.92 Å². The topological polar surface area (TPSA) is 89.8 Å². The van der Waals surface area contributed by atoms with Crippen LogP contribution < -0.4 is 5.32 Å². The first-order valence-electron chi connectivity index (χ1n) is 3.95. The molecule has 1 aliphatic rings. The number of nitrogens with one attached hydrogen (secondary N) is 1. The zero-order valence-corrected chi connectivity index (χ0v) is 7.99. The van der Waals surface area contributed by atoms with Crippen LogP contribution in [0.1, 0.15) is 6.92 Å². The molecule has 0 aromatic heterocycles. The van der Waals surface area contributed by atoms with Crippen LogP contribution in [-0.2, 0) is 4.79 Å². The largest absolute Gasteiger partial charge is 0.390 e. The van der Waals surface area contributed by atoms with Crippen molar-refractivity contribution in [2.24, 2.45) is 0 Å². The molecule has 4 N–H and O–H groups in total. The lowest BCUT2D eigenvalue weighted by Crippen LogP contribution is -2.57. The van der Waals surface area contributed by atoms with Gasteiger partial charge in [0, 0.05) is 12.7 Å². The molecule has 1 saturated heterocycles. The molecule has 1 heterocycles. The molecule has 1 fully saturated rings. The Labute approximate surface area is 80.1 Å². The maximum atomic E-state index is 10.7. The zero-order valence-electron chi connectivity index (χ0n) is 7.17. The molecule has 5 nitrogen and oxygen atoms in total. The number of aliphatic hydroxyl groups is 3. The Morgan fingerprint density at radius 1 is 1.46 bits per heavy atom. The molecular formula is C7H13NO4S. The van der Waals surface area contributed by atoms with E-state index in [4.69, 9.17) is 0 Å². The van der Waals surface area contributed by atoms with Crippen LogP contribution in [0.2, 0.25) is 0 Å². The molecule has 6 heteroatoms. The smallest absolute Gasteiger partial charge is 0.217 e. The minimum Gasteiger partial charge on any atom is -0.390 e. The molecule has 13 heavy (non-hydrogen) atoms. The molecular weight excluding hydrogens is 194 g/mol. The molecule has 1 aliphatic heterocycles. The predicted molar refractivity (Wildman–Crippen MR) is 48.1 cm³/mol. The summed E-state index contributed by atoms with van der Waals surface area (Å²) in [5.74, 6) is -0.0226. The van der Waals surface area contributed by atoms with Crippen LogP contribution in [0.4, 0.5) is 0 Å². The first-order chi connectivity index (χ1) is 6.02. The van der Waals surface area contributed by atoms with Crippen molar-refractivity contribution in [3.63, 3.8) is 0 Å². The summed E-state index contributed by atoms with van der Waals surface area (Å²) in [6, 6.07) is -0.770. The van der Waals surface area contributed by atoms with Gasteiger partial charge in [0.05, 0.1) is 12.1 Å². The number of hydrogen-bond acceptors (Lipinski definition) is 5. The van der Waals surface area contributed by atoms with Gasteiger partial charge in [-0.15, -0.1) is 11.8 Å². The zero-order chi connectivity index (χ0) is 10.0. The maximum absolute atomic E-state index is 10.7. The van der Waals surface area contributed by atoms with Gasteiger partial charge in [-0.3, -0.25) is 4.79 Å². The third kappa shape index (κ3) is 2.57. The van der Waals surface area contributed by atoms with Gasteiger partial charge in [0.1, 0.15) is 11.5 Å². The second kappa shape index (κ2) is 4.28. The van der Waals surface area contributed by atoms with Gasteiger partial charge in [0.25, 0.3) is 0 Å². The fraction of sp³-hybridized carbons (Fsp3) is 0.857. The van der Waals surface area contributed by atoms with E-state index in [2.05, 4.69) is 5.32 Å². The molecule has 0 bridgehead atoms. The first kappa shape index (κ1) is 10.8. The van der Waals surface area contributed by atoms with Crippen LogP contribution in [0.3, 0.4) is 0 Å². The first-order valence-corrected chi connectivity index (χ1v) is 5.00. The third-order valence-electron chi connectivity index (χ3n) is 1.88. The van der Waals surface area contributed by atoms with Gasteiger partial charge in [-0.05, 0) is 0 Å². The van der Waals surface area contributed by atoms with E-state index in [9.17, 15) is 20.1 Å². The minimum atomic E-state index is -1.11. The number of carbonyl (C=O) groups excluding carboxylic acids is 1. The third-order valence-corrected chi connectivity index (χ3v) is 3.04. The summed E-state index contributed by atoms with van der Waals surface area (Å²) in [4.78, 5) is 10.7. The summed E-state index contributed by atoms with van der Waals surface area (Å²) in [7, 11) is 0. The van der Waals surface area contributed by atoms with Gasteiger partial charge in [0.15, 0.2) is 0 Å². The Morgan fingerprint density at radius 2 is 2.08 bits per heavy atom. The fourth-order valence-corrected chi connectivity index (χ4v) is 2.19. The number of thioether (sulfide) groups is 1. The Bertz CT molecular complexity index is 201. The Morgan fingerprint density at radius 3 is 2.62 bits per heavy atom. The van der Waals surface area contributed by atoms with Crippen molar-refractivity contribution in [2.75, 3.05) is 5.75 Å². The highest BCUT2D eigenvalue weighted by Crippen LogP contribution is 2.24. The van der Waals surface area contributed by atoms with Crippen LogP contribution in [0.15, 0.2) is 0 Å². The molecule has 0 aromatic carbocycles. The van der Waals surface area contributed by atoms with Gasteiger partial charge in [-0.2, -0.15) is 0 Å². The van der Waals surface area contributed by atoms with E-state index in [-0.39, 0.29) is 5.91 Å². The monoisotopic (exact) mass is 207 g/mol. The predicted octanol–water partition coefficient (Wildman–Crippen LogP) is -1.72. The molecule has 0 radical (unpaired) electrons. The molecule has 1 amide bonds. The Kier molecular flexibility index (Phi) is 3.55. The second-order valence-corrected chi connectivity index (χ2v) is 4.16. The molecule has 1 rings (SSSR count). The molecule has 0 aromatic rings. The number of rotatable bonds is 1. The normalized spacial score (nSPS) is 40.0. The molecule has 0 saturated carbocycles. The SMILES string of the molecule is CC(=O)NC1C(O)CSC(O)C1O. The second-order valence-electron chi connectivity index (χ2n) is 3.01. The quantitative estimate of drug-likeness (QED) is 0.410. The lowest BCUT2D eigenvalue weighted by Gasteiger charge is -2.35. The van der Waals surface area contributed by atoms with Gasteiger partial charge >= 0.3 is 0 Å². The van der Waals surface area contributed by atoms with Crippen LogP contribution in [0.25, 0.3) is 0 Å². The number of hydrogen-bond donors (Lipinski definition) is 4. The molecule has 0 aliphatic carbocycles. The summed E-state index contributed by atoms with van der Waals surface area (Å²) in [6.07, 6.45) is -1.93. The van der Waals surface area contributed by atoms with Crippen molar-refractivity contribution >= 4 is 17.7 Å². The average Bonchev–Trinajstić information content (AvgIpc) is 2.05. The van der Waals surface area contributed by atoms with Crippen molar-refractivity contribution in [3.8, 4) is 0 Å². The van der Waals surface area contributed by atoms with E-state index in [1.807, 2.05) is 0 Å². The van der Waals surface area contributed by atoms with Crippen LogP contribution in [0, 0.1) is 0 Å². The summed E-state index contributed by atoms with van der Waals surface area (Å²) in [6.45, 7) is 1.30. The summed E-state index contributed by atoms with van der Waals surface area (Å²) in [5.41, 5.74) is -0.944. The van der Waals surface area contributed by atoms with Gasteiger partial charge in [0.2, 0.25) is 5.91 Å². The van der Waals surface area contributed by atoms with Crippen molar-refractivity contribution in [1.29, 1.82) is 0 Å². The van der Waals surface area contributed by atoms with Crippen LogP contribution >= 0.6 is 11.8 Å². The number of aliphatic hydroxyl groups excluding tert-OH is 3. The van der Waals surface area contributed by atoms with Gasteiger partial charge < -0.3 is 20.6 Å². The Hall–Kier alpha value is -0.300. The van der Waals surface area contributed by atoms with Crippen LogP contribution in [0.5, 0.6) is 0 Å². The van der Waals surface area contributed by atoms with E-state index in [1.54, 1.807) is 0 Å². The highest BCUT2D eigenvalue weighted by atomic mass is 32.2. The maximum Gasteiger partial charge on any atom is 0.217 e. The Balaban J connectivity index is 2.60. The summed E-state index contributed by atoms with van der Waals surface area (Å²) >= 11 is 1.07. The van der Waals surface area contributed by atoms with E-state index < -0.39 is 23.7 Å². The van der Waals surface area contributed by atoms with Gasteiger partial charge in [-0.1, -0.05) is 0 Å². The van der Waals surface area contributed by atoms with Crippen molar-refractivity contribution in [3.05, 3.63) is 0 Å². The highest BCUT2D eigenvalue weighted by molar-refractivity contribution is 7.99. The summed E-state index contributed by atoms with van der Waals surface area (Å²) < 4.78 is 0. The van der Waals surface area contributed by atoms with E-state index >= 15 is 0 Å². The molecule has 4 unspecified atom stereocenters. The number of carbonyl (C=O) groups is 1. The summed E-state index contributed by atoms with van der Waals surface area (Å²) in [5, 5.41) is 30.4. The molecule has 76 valence electrons. The standard InChI is InChI=1S/C7H13NO4S/c1-3(9)8-5-4(10)2-13-7(12)6(5)11/h4-7,10-12H,2H2,1H3,(H,8,9). The highest BCUT2D eigenvalue weighted by Gasteiger charge is 2.37. The van der Waals surface area contributed by atoms with Crippen LogP contribution in [-0.4, -0.2) is 50.7 Å². The van der Waals surface area contributed by atoms with Crippen molar-refractivity contribution in [1.82, 2.24) is 5.32 Å². The minimum absolute atomic E-state index is 0.309. The lowest BCUT2D eigenvalue weighted by atomic mass is 10.1. The lowest BCUT2D eigenvalue weighted by molar-refractivity contribution is -0.122. The van der Waals surface area contributed by atoms with Crippen molar-refractivity contribution < 1.29 is 20.1 Å². The van der Waals surface area contributed by atoms with E-state index in [0.29, 0.717) is 5.75 Å². The van der Waals surface area contributed by atoms with Crippen molar-refractivity contribution in [2.45, 2.75) is 30.6 Å². The molecule has 4 atom stereocenters. The average molecular weight is 207 g/mol. The molecule has 0 spiro atoms.